The predicted octanol–water partition coefficient (Wildman–Crippen LogP) is 3.86. The lowest BCUT2D eigenvalue weighted by atomic mass is 10.0. The highest BCUT2D eigenvalue weighted by Crippen LogP contribution is 2.31. The maximum Gasteiger partial charge on any atom is 0.142 e. The van der Waals surface area contributed by atoms with Gasteiger partial charge in [0, 0.05) is 35.1 Å². The molecule has 0 amide bonds. The van der Waals surface area contributed by atoms with Crippen molar-refractivity contribution in [1.29, 1.82) is 5.26 Å². The SMILES string of the molecule is Cn1cccc1-c1cc(-c2cccc(Cl)c2)nc(N)c1C#N. The van der Waals surface area contributed by atoms with Gasteiger partial charge in [-0.25, -0.2) is 4.98 Å². The molecule has 0 fully saturated rings. The number of anilines is 1. The summed E-state index contributed by atoms with van der Waals surface area (Å²) in [5.41, 5.74) is 9.59. The van der Waals surface area contributed by atoms with Crippen molar-refractivity contribution in [3.05, 3.63) is 59.2 Å². The fraction of sp³-hybridized carbons (Fsp3) is 0.0588. The number of aromatic nitrogens is 2. The third-order valence-corrected chi connectivity index (χ3v) is 3.73. The van der Waals surface area contributed by atoms with Crippen molar-refractivity contribution >= 4 is 17.4 Å². The summed E-state index contributed by atoms with van der Waals surface area (Å²) in [6.07, 6.45) is 1.92. The Balaban J connectivity index is 2.26. The number of nitrogen functional groups attached to an aromatic ring is 1. The number of aryl methyl sites for hydroxylation is 1. The summed E-state index contributed by atoms with van der Waals surface area (Å²) >= 11 is 6.04. The zero-order valence-electron chi connectivity index (χ0n) is 11.9. The second kappa shape index (κ2) is 5.55. The van der Waals surface area contributed by atoms with Crippen LogP contribution in [0, 0.1) is 11.3 Å². The van der Waals surface area contributed by atoms with Crippen molar-refractivity contribution in [2.24, 2.45) is 7.05 Å². The van der Waals surface area contributed by atoms with Crippen molar-refractivity contribution in [3.8, 4) is 28.6 Å². The van der Waals surface area contributed by atoms with E-state index in [1.54, 1.807) is 6.07 Å². The van der Waals surface area contributed by atoms with Gasteiger partial charge in [-0.15, -0.1) is 0 Å². The minimum absolute atomic E-state index is 0.219. The maximum atomic E-state index is 9.39. The first-order valence-corrected chi connectivity index (χ1v) is 7.06. The first kappa shape index (κ1) is 14.2. The van der Waals surface area contributed by atoms with Crippen LogP contribution in [-0.4, -0.2) is 9.55 Å². The summed E-state index contributed by atoms with van der Waals surface area (Å²) in [4.78, 5) is 4.34. The number of nitrogens with two attached hydrogens (primary N) is 1. The van der Waals surface area contributed by atoms with Crippen molar-refractivity contribution in [1.82, 2.24) is 9.55 Å². The van der Waals surface area contributed by atoms with Crippen LogP contribution in [0.1, 0.15) is 5.56 Å². The third kappa shape index (κ3) is 2.43. The Morgan fingerprint density at radius 1 is 1.23 bits per heavy atom. The summed E-state index contributed by atoms with van der Waals surface area (Å²) in [7, 11) is 1.92. The van der Waals surface area contributed by atoms with Gasteiger partial charge in [-0.3, -0.25) is 0 Å². The van der Waals surface area contributed by atoms with Crippen molar-refractivity contribution < 1.29 is 0 Å². The van der Waals surface area contributed by atoms with Gasteiger partial charge in [0.15, 0.2) is 0 Å². The number of hydrogen-bond acceptors (Lipinski definition) is 3. The first-order valence-electron chi connectivity index (χ1n) is 6.68. The van der Waals surface area contributed by atoms with E-state index in [1.165, 1.54) is 0 Å². The Morgan fingerprint density at radius 2 is 2.05 bits per heavy atom. The molecule has 3 rings (SSSR count). The highest BCUT2D eigenvalue weighted by molar-refractivity contribution is 6.30. The Labute approximate surface area is 133 Å². The second-order valence-electron chi connectivity index (χ2n) is 4.94. The molecular formula is C17H13ClN4. The predicted molar refractivity (Wildman–Crippen MR) is 88.2 cm³/mol. The zero-order chi connectivity index (χ0) is 15.7. The summed E-state index contributed by atoms with van der Waals surface area (Å²) in [5.74, 6) is 0.219. The van der Waals surface area contributed by atoms with E-state index in [0.717, 1.165) is 16.8 Å². The molecule has 0 aliphatic rings. The van der Waals surface area contributed by atoms with E-state index in [9.17, 15) is 5.26 Å². The van der Waals surface area contributed by atoms with Gasteiger partial charge in [0.2, 0.25) is 0 Å². The van der Waals surface area contributed by atoms with E-state index in [4.69, 9.17) is 17.3 Å². The molecule has 0 saturated carbocycles. The highest BCUT2D eigenvalue weighted by atomic mass is 35.5. The molecule has 5 heteroatoms. The summed E-state index contributed by atoms with van der Waals surface area (Å²) in [5, 5.41) is 10.0. The standard InChI is InChI=1S/C17H13ClN4/c1-22-7-3-6-16(22)13-9-15(21-17(20)14(13)10-19)11-4-2-5-12(18)8-11/h2-9H,1H3,(H2,20,21). The number of nitriles is 1. The minimum Gasteiger partial charge on any atom is -0.383 e. The number of nitrogens with zero attached hydrogens (tertiary/aromatic N) is 3. The summed E-state index contributed by atoms with van der Waals surface area (Å²) in [6, 6.07) is 15.3. The molecule has 2 aromatic heterocycles. The second-order valence-corrected chi connectivity index (χ2v) is 5.38. The van der Waals surface area contributed by atoms with Gasteiger partial charge in [0.05, 0.1) is 5.69 Å². The highest BCUT2D eigenvalue weighted by Gasteiger charge is 2.15. The van der Waals surface area contributed by atoms with Crippen LogP contribution in [0.2, 0.25) is 5.02 Å². The lowest BCUT2D eigenvalue weighted by Gasteiger charge is -2.11. The van der Waals surface area contributed by atoms with Crippen LogP contribution >= 0.6 is 11.6 Å². The average Bonchev–Trinajstić information content (AvgIpc) is 2.92. The molecule has 22 heavy (non-hydrogen) atoms. The molecular weight excluding hydrogens is 296 g/mol. The number of rotatable bonds is 2. The molecule has 0 atom stereocenters. The fourth-order valence-electron chi connectivity index (χ4n) is 2.42. The molecule has 108 valence electrons. The third-order valence-electron chi connectivity index (χ3n) is 3.50. The van der Waals surface area contributed by atoms with Crippen molar-refractivity contribution in [2.45, 2.75) is 0 Å². The molecule has 2 heterocycles. The Kier molecular flexibility index (Phi) is 3.58. The maximum absolute atomic E-state index is 9.39. The van der Waals surface area contributed by atoms with Crippen LogP contribution in [0.15, 0.2) is 48.7 Å². The lowest BCUT2D eigenvalue weighted by molar-refractivity contribution is 0.936. The molecule has 0 aliphatic heterocycles. The van der Waals surface area contributed by atoms with Crippen LogP contribution in [0.3, 0.4) is 0 Å². The molecule has 1 aromatic carbocycles. The van der Waals surface area contributed by atoms with Crippen molar-refractivity contribution in [3.63, 3.8) is 0 Å². The van der Waals surface area contributed by atoms with E-state index < -0.39 is 0 Å². The van der Waals surface area contributed by atoms with E-state index in [1.807, 2.05) is 54.2 Å². The van der Waals surface area contributed by atoms with Gasteiger partial charge < -0.3 is 10.3 Å². The molecule has 4 nitrogen and oxygen atoms in total. The molecule has 0 spiro atoms. The van der Waals surface area contributed by atoms with Crippen LogP contribution in [0.5, 0.6) is 0 Å². The van der Waals surface area contributed by atoms with E-state index in [0.29, 0.717) is 16.3 Å². The summed E-state index contributed by atoms with van der Waals surface area (Å²) < 4.78 is 1.94. The molecule has 0 aliphatic carbocycles. The van der Waals surface area contributed by atoms with Crippen LogP contribution in [0.25, 0.3) is 22.5 Å². The molecule has 0 radical (unpaired) electrons. The monoisotopic (exact) mass is 308 g/mol. The van der Waals surface area contributed by atoms with Gasteiger partial charge in [-0.1, -0.05) is 23.7 Å². The quantitative estimate of drug-likeness (QED) is 0.781. The normalized spacial score (nSPS) is 10.4. The fourth-order valence-corrected chi connectivity index (χ4v) is 2.61. The lowest BCUT2D eigenvalue weighted by Crippen LogP contribution is -2.01. The van der Waals surface area contributed by atoms with Gasteiger partial charge in [-0.05, 0) is 30.3 Å². The Hall–Kier alpha value is -2.77. The van der Waals surface area contributed by atoms with Crippen LogP contribution < -0.4 is 5.73 Å². The van der Waals surface area contributed by atoms with Crippen molar-refractivity contribution in [2.75, 3.05) is 5.73 Å². The van der Waals surface area contributed by atoms with E-state index >= 15 is 0 Å². The van der Waals surface area contributed by atoms with E-state index in [2.05, 4.69) is 11.1 Å². The molecule has 3 aromatic rings. The first-order chi connectivity index (χ1) is 10.6. The molecule has 0 unspecified atom stereocenters. The van der Waals surface area contributed by atoms with E-state index in [-0.39, 0.29) is 5.82 Å². The molecule has 2 N–H and O–H groups in total. The number of pyridine rings is 1. The summed E-state index contributed by atoms with van der Waals surface area (Å²) in [6.45, 7) is 0. The largest absolute Gasteiger partial charge is 0.383 e. The average molecular weight is 309 g/mol. The molecule has 0 bridgehead atoms. The Bertz CT molecular complexity index is 890. The van der Waals surface area contributed by atoms with Crippen LogP contribution in [0.4, 0.5) is 5.82 Å². The minimum atomic E-state index is 0.219. The van der Waals surface area contributed by atoms with Gasteiger partial charge in [0.1, 0.15) is 17.5 Å². The zero-order valence-corrected chi connectivity index (χ0v) is 12.7. The number of hydrogen-bond donors (Lipinski definition) is 1. The van der Waals surface area contributed by atoms with Gasteiger partial charge in [-0.2, -0.15) is 5.26 Å². The van der Waals surface area contributed by atoms with Gasteiger partial charge >= 0.3 is 0 Å². The van der Waals surface area contributed by atoms with Crippen LogP contribution in [-0.2, 0) is 7.05 Å². The number of benzene rings is 1. The Morgan fingerprint density at radius 3 is 2.68 bits per heavy atom. The van der Waals surface area contributed by atoms with Gasteiger partial charge in [0.25, 0.3) is 0 Å². The number of halogens is 1. The smallest absolute Gasteiger partial charge is 0.142 e. The molecule has 0 saturated heterocycles. The topological polar surface area (TPSA) is 67.6 Å².